The molecule has 2 heterocycles. The monoisotopic (exact) mass is 236 g/mol. The summed E-state index contributed by atoms with van der Waals surface area (Å²) in [7, 11) is 1.94. The van der Waals surface area contributed by atoms with Crippen LogP contribution in [0.25, 0.3) is 0 Å². The highest BCUT2D eigenvalue weighted by Crippen LogP contribution is 2.19. The zero-order valence-electron chi connectivity index (χ0n) is 10.5. The van der Waals surface area contributed by atoms with E-state index in [0.717, 1.165) is 44.0 Å². The fourth-order valence-corrected chi connectivity index (χ4v) is 2.11. The normalized spacial score (nSPS) is 20.6. The van der Waals surface area contributed by atoms with E-state index in [1.807, 2.05) is 13.2 Å². The molecule has 1 aliphatic rings. The summed E-state index contributed by atoms with van der Waals surface area (Å²) < 4.78 is 5.68. The van der Waals surface area contributed by atoms with Crippen molar-refractivity contribution in [2.45, 2.75) is 26.0 Å². The van der Waals surface area contributed by atoms with Crippen LogP contribution in [0.4, 0.5) is 5.82 Å². The molecule has 1 N–H and O–H groups in total. The number of nitrogens with one attached hydrogen (secondary N) is 1. The zero-order valence-corrected chi connectivity index (χ0v) is 10.5. The number of aromatic nitrogens is 2. The molecule has 5 nitrogen and oxygen atoms in total. The van der Waals surface area contributed by atoms with E-state index in [1.54, 1.807) is 6.33 Å². The van der Waals surface area contributed by atoms with Crippen molar-refractivity contribution in [3.63, 3.8) is 0 Å². The van der Waals surface area contributed by atoms with Crippen LogP contribution in [0.1, 0.15) is 18.9 Å². The van der Waals surface area contributed by atoms with Gasteiger partial charge in [0.25, 0.3) is 0 Å². The molecule has 1 saturated heterocycles. The molecule has 1 fully saturated rings. The van der Waals surface area contributed by atoms with Gasteiger partial charge in [0.15, 0.2) is 0 Å². The Morgan fingerprint density at radius 1 is 1.59 bits per heavy atom. The topological polar surface area (TPSA) is 50.3 Å². The standard InChI is InChI=1S/C12H20N4O/c1-3-11-8-16(4-5-17-11)12-10(6-13-2)7-14-9-15-12/h7,9,11,13H,3-6,8H2,1-2H3. The summed E-state index contributed by atoms with van der Waals surface area (Å²) in [6.07, 6.45) is 4.87. The van der Waals surface area contributed by atoms with Crippen LogP contribution in [0.5, 0.6) is 0 Å². The molecule has 0 aromatic carbocycles. The third-order valence-corrected chi connectivity index (χ3v) is 3.03. The average molecular weight is 236 g/mol. The van der Waals surface area contributed by atoms with E-state index < -0.39 is 0 Å². The van der Waals surface area contributed by atoms with Crippen LogP contribution in [-0.2, 0) is 11.3 Å². The molecule has 0 aliphatic carbocycles. The number of nitrogens with zero attached hydrogens (tertiary/aromatic N) is 3. The second kappa shape index (κ2) is 5.93. The second-order valence-electron chi connectivity index (χ2n) is 4.25. The van der Waals surface area contributed by atoms with Crippen LogP contribution in [0.2, 0.25) is 0 Å². The highest BCUT2D eigenvalue weighted by atomic mass is 16.5. The quantitative estimate of drug-likeness (QED) is 0.838. The molecule has 1 aromatic rings. The minimum atomic E-state index is 0.321. The molecule has 1 aliphatic heterocycles. The predicted molar refractivity (Wildman–Crippen MR) is 67.0 cm³/mol. The summed E-state index contributed by atoms with van der Waals surface area (Å²) in [6, 6.07) is 0. The van der Waals surface area contributed by atoms with Crippen molar-refractivity contribution >= 4 is 5.82 Å². The summed E-state index contributed by atoms with van der Waals surface area (Å²) in [5, 5.41) is 3.15. The minimum absolute atomic E-state index is 0.321. The molecule has 1 unspecified atom stereocenters. The molecule has 0 bridgehead atoms. The Kier molecular flexibility index (Phi) is 4.28. The van der Waals surface area contributed by atoms with Gasteiger partial charge >= 0.3 is 0 Å². The maximum Gasteiger partial charge on any atom is 0.136 e. The van der Waals surface area contributed by atoms with Gasteiger partial charge in [0.05, 0.1) is 12.7 Å². The molecule has 0 spiro atoms. The van der Waals surface area contributed by atoms with E-state index in [4.69, 9.17) is 4.74 Å². The first kappa shape index (κ1) is 12.3. The lowest BCUT2D eigenvalue weighted by Crippen LogP contribution is -2.43. The molecule has 0 amide bonds. The number of hydrogen-bond acceptors (Lipinski definition) is 5. The van der Waals surface area contributed by atoms with Crippen LogP contribution < -0.4 is 10.2 Å². The van der Waals surface area contributed by atoms with Crippen molar-refractivity contribution in [3.05, 3.63) is 18.1 Å². The van der Waals surface area contributed by atoms with E-state index in [9.17, 15) is 0 Å². The summed E-state index contributed by atoms with van der Waals surface area (Å²) in [5.41, 5.74) is 1.15. The summed E-state index contributed by atoms with van der Waals surface area (Å²) in [5.74, 6) is 1.04. The first-order valence-electron chi connectivity index (χ1n) is 6.15. The van der Waals surface area contributed by atoms with Crippen LogP contribution in [0.15, 0.2) is 12.5 Å². The molecule has 94 valence electrons. The van der Waals surface area contributed by atoms with Crippen LogP contribution in [0.3, 0.4) is 0 Å². The number of hydrogen-bond donors (Lipinski definition) is 1. The van der Waals surface area contributed by atoms with Crippen molar-refractivity contribution < 1.29 is 4.74 Å². The molecule has 0 saturated carbocycles. The highest BCUT2D eigenvalue weighted by molar-refractivity contribution is 5.45. The Labute approximate surface area is 102 Å². The lowest BCUT2D eigenvalue weighted by molar-refractivity contribution is 0.0381. The first-order valence-corrected chi connectivity index (χ1v) is 6.15. The Morgan fingerprint density at radius 3 is 3.24 bits per heavy atom. The maximum absolute atomic E-state index is 5.68. The molecule has 1 aromatic heterocycles. The van der Waals surface area contributed by atoms with Crippen LogP contribution >= 0.6 is 0 Å². The Bertz CT molecular complexity index is 358. The molecule has 5 heteroatoms. The van der Waals surface area contributed by atoms with Gasteiger partial charge in [-0.2, -0.15) is 0 Å². The van der Waals surface area contributed by atoms with E-state index in [0.29, 0.717) is 6.10 Å². The SMILES string of the molecule is CCC1CN(c2ncncc2CNC)CCO1. The third-order valence-electron chi connectivity index (χ3n) is 3.03. The molecular weight excluding hydrogens is 216 g/mol. The molecule has 0 radical (unpaired) electrons. The molecular formula is C12H20N4O. The van der Waals surface area contributed by atoms with E-state index in [-0.39, 0.29) is 0 Å². The van der Waals surface area contributed by atoms with Gasteiger partial charge in [0, 0.05) is 31.4 Å². The molecule has 17 heavy (non-hydrogen) atoms. The summed E-state index contributed by atoms with van der Waals surface area (Å²) in [6.45, 7) is 5.56. The first-order chi connectivity index (χ1) is 8.35. The summed E-state index contributed by atoms with van der Waals surface area (Å²) >= 11 is 0. The van der Waals surface area contributed by atoms with Gasteiger partial charge in [-0.3, -0.25) is 0 Å². The lowest BCUT2D eigenvalue weighted by Gasteiger charge is -2.34. The van der Waals surface area contributed by atoms with Crippen LogP contribution in [-0.4, -0.2) is 42.8 Å². The van der Waals surface area contributed by atoms with Crippen molar-refractivity contribution in [2.75, 3.05) is 31.6 Å². The zero-order chi connectivity index (χ0) is 12.1. The van der Waals surface area contributed by atoms with Gasteiger partial charge in [0.1, 0.15) is 12.1 Å². The van der Waals surface area contributed by atoms with Crippen molar-refractivity contribution in [1.82, 2.24) is 15.3 Å². The smallest absolute Gasteiger partial charge is 0.136 e. The van der Waals surface area contributed by atoms with Gasteiger partial charge in [-0.1, -0.05) is 6.92 Å². The van der Waals surface area contributed by atoms with E-state index >= 15 is 0 Å². The Morgan fingerprint density at radius 2 is 2.47 bits per heavy atom. The second-order valence-corrected chi connectivity index (χ2v) is 4.25. The fraction of sp³-hybridized carbons (Fsp3) is 0.667. The van der Waals surface area contributed by atoms with Crippen molar-refractivity contribution in [3.8, 4) is 0 Å². The summed E-state index contributed by atoms with van der Waals surface area (Å²) in [4.78, 5) is 10.8. The van der Waals surface area contributed by atoms with Gasteiger partial charge in [-0.05, 0) is 13.5 Å². The van der Waals surface area contributed by atoms with E-state index in [1.165, 1.54) is 0 Å². The average Bonchev–Trinajstić information content (AvgIpc) is 2.40. The van der Waals surface area contributed by atoms with E-state index in [2.05, 4.69) is 27.1 Å². The van der Waals surface area contributed by atoms with Gasteiger partial charge < -0.3 is 15.0 Å². The maximum atomic E-state index is 5.68. The third kappa shape index (κ3) is 2.92. The number of ether oxygens (including phenoxy) is 1. The van der Waals surface area contributed by atoms with Gasteiger partial charge in [0.2, 0.25) is 0 Å². The van der Waals surface area contributed by atoms with Gasteiger partial charge in [-0.15, -0.1) is 0 Å². The predicted octanol–water partition coefficient (Wildman–Crippen LogP) is 0.811. The lowest BCUT2D eigenvalue weighted by atomic mass is 10.2. The number of rotatable bonds is 4. The largest absolute Gasteiger partial charge is 0.375 e. The number of anilines is 1. The van der Waals surface area contributed by atoms with Gasteiger partial charge in [-0.25, -0.2) is 9.97 Å². The van der Waals surface area contributed by atoms with Crippen molar-refractivity contribution in [2.24, 2.45) is 0 Å². The fourth-order valence-electron chi connectivity index (χ4n) is 2.11. The highest BCUT2D eigenvalue weighted by Gasteiger charge is 2.21. The Hall–Kier alpha value is -1.20. The minimum Gasteiger partial charge on any atom is -0.375 e. The number of morpholine rings is 1. The molecule has 2 rings (SSSR count). The Balaban J connectivity index is 2.15. The molecule has 1 atom stereocenters. The van der Waals surface area contributed by atoms with Crippen molar-refractivity contribution in [1.29, 1.82) is 0 Å². The van der Waals surface area contributed by atoms with Crippen LogP contribution in [0, 0.1) is 0 Å².